The number of allylic oxidation sites excluding steroid dienone is 1. The first-order valence-corrected chi connectivity index (χ1v) is 4.82. The lowest BCUT2D eigenvalue weighted by molar-refractivity contribution is 1.41. The van der Waals surface area contributed by atoms with Gasteiger partial charge in [0.15, 0.2) is 0 Å². The van der Waals surface area contributed by atoms with Gasteiger partial charge >= 0.3 is 0 Å². The first kappa shape index (κ1) is 8.28. The van der Waals surface area contributed by atoms with E-state index < -0.39 is 0 Å². The summed E-state index contributed by atoms with van der Waals surface area (Å²) >= 11 is 0. The zero-order valence-electron chi connectivity index (χ0n) is 6.96. The van der Waals surface area contributed by atoms with Gasteiger partial charge in [-0.3, -0.25) is 0 Å². The summed E-state index contributed by atoms with van der Waals surface area (Å²) < 4.78 is 0. The van der Waals surface area contributed by atoms with Crippen molar-refractivity contribution in [2.24, 2.45) is 0 Å². The van der Waals surface area contributed by atoms with Crippen LogP contribution in [0.4, 0.5) is 0 Å². The monoisotopic (exact) mass is 160 g/mol. The summed E-state index contributed by atoms with van der Waals surface area (Å²) in [6.07, 6.45) is 0. The molecule has 1 rings (SSSR count). The molecule has 0 nitrogen and oxygen atoms in total. The third-order valence-electron chi connectivity index (χ3n) is 1.30. The van der Waals surface area contributed by atoms with Crippen molar-refractivity contribution in [3.63, 3.8) is 0 Å². The Morgan fingerprint density at radius 1 is 1.18 bits per heavy atom. The van der Waals surface area contributed by atoms with Gasteiger partial charge in [-0.05, 0) is 13.8 Å². The second-order valence-corrected chi connectivity index (χ2v) is 3.89. The molecular weight excluding hydrogens is 148 g/mol. The van der Waals surface area contributed by atoms with E-state index in [0.29, 0.717) is 0 Å². The first-order chi connectivity index (χ1) is 5.29. The van der Waals surface area contributed by atoms with Crippen molar-refractivity contribution in [3.8, 4) is 0 Å². The van der Waals surface area contributed by atoms with E-state index in [1.165, 1.54) is 10.8 Å². The summed E-state index contributed by atoms with van der Waals surface area (Å²) in [5, 5.41) is 1.41. The molecule has 0 atom stereocenters. The smallest absolute Gasteiger partial charge is 0.0947 e. The van der Waals surface area contributed by atoms with Crippen LogP contribution in [0.5, 0.6) is 0 Å². The summed E-state index contributed by atoms with van der Waals surface area (Å²) in [4.78, 5) is 0. The predicted molar refractivity (Wildman–Crippen MR) is 51.3 cm³/mol. The highest BCUT2D eigenvalue weighted by Gasteiger charge is 1.87. The first-order valence-electron chi connectivity index (χ1n) is 3.74. The van der Waals surface area contributed by atoms with Crippen LogP contribution in [0.3, 0.4) is 0 Å². The van der Waals surface area contributed by atoms with Gasteiger partial charge < -0.3 is 0 Å². The molecule has 0 aliphatic carbocycles. The molecule has 0 aliphatic heterocycles. The highest BCUT2D eigenvalue weighted by molar-refractivity contribution is 6.58. The van der Waals surface area contributed by atoms with Crippen LogP contribution in [0.2, 0.25) is 0 Å². The molecule has 56 valence electrons. The fourth-order valence-corrected chi connectivity index (χ4v) is 1.60. The zero-order chi connectivity index (χ0) is 8.10. The Kier molecular flexibility index (Phi) is 3.11. The Balaban J connectivity index is 2.59. The van der Waals surface area contributed by atoms with Crippen LogP contribution in [-0.4, -0.2) is 9.52 Å². The standard InChI is InChI=1S/C10H12Si/c1-9(2)8-11-10-6-4-3-5-7-10/h3-8H,1-2H3. The minimum absolute atomic E-state index is 0.823. The number of rotatable bonds is 2. The summed E-state index contributed by atoms with van der Waals surface area (Å²) in [5.74, 6) is 0. The SMILES string of the molecule is CC(C)=C[Si]c1ccccc1. The lowest BCUT2D eigenvalue weighted by Crippen LogP contribution is -2.10. The maximum absolute atomic E-state index is 2.27. The molecule has 0 spiro atoms. The van der Waals surface area contributed by atoms with E-state index in [9.17, 15) is 0 Å². The Bertz CT molecular complexity index is 232. The second-order valence-electron chi connectivity index (χ2n) is 2.73. The van der Waals surface area contributed by atoms with Crippen LogP contribution in [-0.2, 0) is 0 Å². The minimum atomic E-state index is 0.823. The average molecular weight is 160 g/mol. The highest BCUT2D eigenvalue weighted by atomic mass is 28.2. The van der Waals surface area contributed by atoms with Crippen LogP contribution in [0.15, 0.2) is 41.6 Å². The molecular formula is C10H12Si. The zero-order valence-corrected chi connectivity index (χ0v) is 7.96. The number of benzene rings is 1. The fourth-order valence-electron chi connectivity index (χ4n) is 0.762. The Morgan fingerprint density at radius 2 is 1.82 bits per heavy atom. The van der Waals surface area contributed by atoms with E-state index >= 15 is 0 Å². The van der Waals surface area contributed by atoms with Gasteiger partial charge in [-0.2, -0.15) is 0 Å². The lowest BCUT2D eigenvalue weighted by atomic mass is 10.4. The second kappa shape index (κ2) is 4.14. The Morgan fingerprint density at radius 3 is 2.36 bits per heavy atom. The van der Waals surface area contributed by atoms with Gasteiger partial charge in [-0.1, -0.05) is 46.8 Å². The van der Waals surface area contributed by atoms with Crippen molar-refractivity contribution < 1.29 is 0 Å². The van der Waals surface area contributed by atoms with Gasteiger partial charge in [0.1, 0.15) is 9.52 Å². The molecule has 0 heterocycles. The molecule has 0 aliphatic rings. The number of hydrogen-bond acceptors (Lipinski definition) is 0. The molecule has 0 N–H and O–H groups in total. The molecule has 0 saturated carbocycles. The lowest BCUT2D eigenvalue weighted by Gasteiger charge is -1.93. The molecule has 1 heteroatoms. The van der Waals surface area contributed by atoms with Gasteiger partial charge in [-0.15, -0.1) is 0 Å². The van der Waals surface area contributed by atoms with Crippen molar-refractivity contribution in [1.29, 1.82) is 0 Å². The van der Waals surface area contributed by atoms with Crippen molar-refractivity contribution in [3.05, 3.63) is 41.6 Å². The minimum Gasteiger partial charge on any atom is -0.0947 e. The summed E-state index contributed by atoms with van der Waals surface area (Å²) in [7, 11) is 0.823. The van der Waals surface area contributed by atoms with Crippen molar-refractivity contribution in [2.75, 3.05) is 0 Å². The van der Waals surface area contributed by atoms with Crippen molar-refractivity contribution in [2.45, 2.75) is 13.8 Å². The van der Waals surface area contributed by atoms with Gasteiger partial charge in [0.2, 0.25) is 0 Å². The Labute approximate surface area is 70.8 Å². The van der Waals surface area contributed by atoms with Gasteiger partial charge in [-0.25, -0.2) is 0 Å². The van der Waals surface area contributed by atoms with Crippen LogP contribution in [0, 0.1) is 0 Å². The quantitative estimate of drug-likeness (QED) is 0.580. The topological polar surface area (TPSA) is 0 Å². The van der Waals surface area contributed by atoms with Crippen molar-refractivity contribution >= 4 is 14.7 Å². The molecule has 1 aromatic carbocycles. The highest BCUT2D eigenvalue weighted by Crippen LogP contribution is 1.87. The molecule has 0 bridgehead atoms. The predicted octanol–water partition coefficient (Wildman–Crippen LogP) is 1.94. The van der Waals surface area contributed by atoms with E-state index in [0.717, 1.165) is 9.52 Å². The van der Waals surface area contributed by atoms with E-state index in [2.05, 4.69) is 49.9 Å². The van der Waals surface area contributed by atoms with Crippen molar-refractivity contribution in [1.82, 2.24) is 0 Å². The molecule has 0 aromatic heterocycles. The molecule has 2 radical (unpaired) electrons. The van der Waals surface area contributed by atoms with Gasteiger partial charge in [0, 0.05) is 0 Å². The molecule has 0 fully saturated rings. The summed E-state index contributed by atoms with van der Waals surface area (Å²) in [6.45, 7) is 4.27. The molecule has 1 aromatic rings. The van der Waals surface area contributed by atoms with Crippen LogP contribution in [0.25, 0.3) is 0 Å². The fraction of sp³-hybridized carbons (Fsp3) is 0.200. The maximum atomic E-state index is 2.27. The van der Waals surface area contributed by atoms with Gasteiger partial charge in [0.25, 0.3) is 0 Å². The van der Waals surface area contributed by atoms with E-state index in [1.807, 2.05) is 0 Å². The molecule has 0 amide bonds. The summed E-state index contributed by atoms with van der Waals surface area (Å²) in [5.41, 5.74) is 3.67. The third kappa shape index (κ3) is 3.19. The van der Waals surface area contributed by atoms with Crippen LogP contribution < -0.4 is 5.19 Å². The third-order valence-corrected chi connectivity index (χ3v) is 2.69. The van der Waals surface area contributed by atoms with E-state index in [-0.39, 0.29) is 0 Å². The summed E-state index contributed by atoms with van der Waals surface area (Å²) in [6, 6.07) is 10.6. The van der Waals surface area contributed by atoms with Crippen LogP contribution >= 0.6 is 0 Å². The molecule has 0 saturated heterocycles. The maximum Gasteiger partial charge on any atom is 0.111 e. The molecule has 11 heavy (non-hydrogen) atoms. The van der Waals surface area contributed by atoms with E-state index in [4.69, 9.17) is 0 Å². The molecule has 0 unspecified atom stereocenters. The van der Waals surface area contributed by atoms with E-state index in [1.54, 1.807) is 0 Å². The number of hydrogen-bond donors (Lipinski definition) is 0. The largest absolute Gasteiger partial charge is 0.111 e. The van der Waals surface area contributed by atoms with Gasteiger partial charge in [0.05, 0.1) is 0 Å². The average Bonchev–Trinajstić information content (AvgIpc) is 2.03. The normalized spacial score (nSPS) is 9.27. The Hall–Kier alpha value is -0.823. The van der Waals surface area contributed by atoms with Crippen LogP contribution in [0.1, 0.15) is 13.8 Å².